The molecule has 0 unspecified atom stereocenters. The second-order valence-corrected chi connectivity index (χ2v) is 3.87. The second-order valence-electron chi connectivity index (χ2n) is 3.87. The number of carbonyl (C=O) groups is 1. The molecule has 0 aliphatic rings. The largest absolute Gasteiger partial charge is 0.478 e. The molecule has 0 amide bonds. The van der Waals surface area contributed by atoms with Crippen molar-refractivity contribution in [2.75, 3.05) is 11.9 Å². The van der Waals surface area contributed by atoms with E-state index in [4.69, 9.17) is 9.63 Å². The molecular formula is C12H13N3O3. The number of carboxylic acids is 1. The molecule has 1 aromatic heterocycles. The summed E-state index contributed by atoms with van der Waals surface area (Å²) in [7, 11) is 0. The van der Waals surface area contributed by atoms with Crippen molar-refractivity contribution >= 4 is 11.7 Å². The quantitative estimate of drug-likeness (QED) is 0.836. The van der Waals surface area contributed by atoms with Gasteiger partial charge in [-0.3, -0.25) is 0 Å². The van der Waals surface area contributed by atoms with Gasteiger partial charge in [0, 0.05) is 18.7 Å². The van der Waals surface area contributed by atoms with Gasteiger partial charge in [0.1, 0.15) is 0 Å². The van der Waals surface area contributed by atoms with Crippen LogP contribution in [0.3, 0.4) is 0 Å². The van der Waals surface area contributed by atoms with Gasteiger partial charge in [-0.05, 0) is 24.6 Å². The Bertz CT molecular complexity index is 538. The van der Waals surface area contributed by atoms with Crippen molar-refractivity contribution in [3.63, 3.8) is 0 Å². The standard InChI is InChI=1S/C12H13N3O3/c1-8-2-3-9(12(16)17)10(6-8)13-5-4-11-14-7-15-18-11/h2-3,6-7,13H,4-5H2,1H3,(H,16,17). The molecule has 0 saturated carbocycles. The molecule has 0 aliphatic carbocycles. The normalized spacial score (nSPS) is 10.3. The summed E-state index contributed by atoms with van der Waals surface area (Å²) >= 11 is 0. The third kappa shape index (κ3) is 2.85. The minimum atomic E-state index is -0.949. The molecule has 0 aliphatic heterocycles. The van der Waals surface area contributed by atoms with Crippen LogP contribution in [-0.2, 0) is 6.42 Å². The molecule has 0 radical (unpaired) electrons. The number of anilines is 1. The molecule has 1 heterocycles. The topological polar surface area (TPSA) is 88.2 Å². The summed E-state index contributed by atoms with van der Waals surface area (Å²) in [4.78, 5) is 14.9. The van der Waals surface area contributed by atoms with Crippen molar-refractivity contribution < 1.29 is 14.4 Å². The molecule has 18 heavy (non-hydrogen) atoms. The molecule has 6 nitrogen and oxygen atoms in total. The van der Waals surface area contributed by atoms with E-state index in [-0.39, 0.29) is 5.56 Å². The number of hydrogen-bond acceptors (Lipinski definition) is 5. The third-order valence-electron chi connectivity index (χ3n) is 2.47. The number of hydrogen-bond donors (Lipinski definition) is 2. The molecule has 0 spiro atoms. The van der Waals surface area contributed by atoms with E-state index in [2.05, 4.69) is 15.5 Å². The number of nitrogens with zero attached hydrogens (tertiary/aromatic N) is 2. The number of aryl methyl sites for hydroxylation is 1. The molecule has 2 rings (SSSR count). The fourth-order valence-electron chi connectivity index (χ4n) is 1.60. The number of carboxylic acid groups (broad SMARTS) is 1. The lowest BCUT2D eigenvalue weighted by molar-refractivity contribution is 0.0698. The Labute approximate surface area is 104 Å². The summed E-state index contributed by atoms with van der Waals surface area (Å²) in [5.74, 6) is -0.428. The molecule has 0 bridgehead atoms. The highest BCUT2D eigenvalue weighted by Gasteiger charge is 2.09. The van der Waals surface area contributed by atoms with Crippen LogP contribution < -0.4 is 5.32 Å². The highest BCUT2D eigenvalue weighted by Crippen LogP contribution is 2.17. The van der Waals surface area contributed by atoms with Gasteiger partial charge in [-0.25, -0.2) is 4.79 Å². The molecule has 2 N–H and O–H groups in total. The van der Waals surface area contributed by atoms with Crippen molar-refractivity contribution in [2.45, 2.75) is 13.3 Å². The number of nitrogens with one attached hydrogen (secondary N) is 1. The predicted molar refractivity (Wildman–Crippen MR) is 64.6 cm³/mol. The van der Waals surface area contributed by atoms with Crippen LogP contribution in [0.25, 0.3) is 0 Å². The SMILES string of the molecule is Cc1ccc(C(=O)O)c(NCCc2ncno2)c1. The summed E-state index contributed by atoms with van der Waals surface area (Å²) in [5, 5.41) is 15.6. The maximum Gasteiger partial charge on any atom is 0.337 e. The van der Waals surface area contributed by atoms with E-state index in [0.717, 1.165) is 5.56 Å². The van der Waals surface area contributed by atoms with Crippen molar-refractivity contribution in [3.05, 3.63) is 41.5 Å². The van der Waals surface area contributed by atoms with Crippen LogP contribution in [0.5, 0.6) is 0 Å². The minimum absolute atomic E-state index is 0.256. The zero-order valence-electron chi connectivity index (χ0n) is 9.88. The summed E-state index contributed by atoms with van der Waals surface area (Å²) in [6.07, 6.45) is 1.89. The van der Waals surface area contributed by atoms with Crippen LogP contribution in [0.4, 0.5) is 5.69 Å². The first-order chi connectivity index (χ1) is 8.66. The van der Waals surface area contributed by atoms with Crippen molar-refractivity contribution in [2.24, 2.45) is 0 Å². The fourth-order valence-corrected chi connectivity index (χ4v) is 1.60. The Balaban J connectivity index is 2.03. The number of rotatable bonds is 5. The summed E-state index contributed by atoms with van der Waals surface area (Å²) < 4.78 is 4.86. The molecule has 6 heteroatoms. The Morgan fingerprint density at radius 1 is 1.50 bits per heavy atom. The van der Waals surface area contributed by atoms with Crippen molar-refractivity contribution in [3.8, 4) is 0 Å². The molecule has 0 saturated heterocycles. The Morgan fingerprint density at radius 2 is 2.33 bits per heavy atom. The monoisotopic (exact) mass is 247 g/mol. The zero-order valence-corrected chi connectivity index (χ0v) is 9.88. The van der Waals surface area contributed by atoms with Crippen LogP contribution in [0, 0.1) is 6.92 Å². The predicted octanol–water partition coefficient (Wildman–Crippen LogP) is 1.73. The van der Waals surface area contributed by atoms with Crippen LogP contribution in [0.1, 0.15) is 21.8 Å². The van der Waals surface area contributed by atoms with Crippen LogP contribution in [0.15, 0.2) is 29.0 Å². The van der Waals surface area contributed by atoms with Gasteiger partial charge in [-0.2, -0.15) is 4.98 Å². The first kappa shape index (κ1) is 12.1. The van der Waals surface area contributed by atoms with E-state index in [1.165, 1.54) is 6.33 Å². The van der Waals surface area contributed by atoms with Crippen molar-refractivity contribution in [1.82, 2.24) is 10.1 Å². The zero-order chi connectivity index (χ0) is 13.0. The first-order valence-corrected chi connectivity index (χ1v) is 5.50. The molecule has 0 fully saturated rings. The lowest BCUT2D eigenvalue weighted by Crippen LogP contribution is -2.10. The van der Waals surface area contributed by atoms with Gasteiger partial charge in [-0.15, -0.1) is 0 Å². The van der Waals surface area contributed by atoms with Crippen LogP contribution in [-0.4, -0.2) is 27.8 Å². The highest BCUT2D eigenvalue weighted by atomic mass is 16.5. The van der Waals surface area contributed by atoms with Crippen molar-refractivity contribution in [1.29, 1.82) is 0 Å². The Morgan fingerprint density at radius 3 is 3.00 bits per heavy atom. The Hall–Kier alpha value is -2.37. The lowest BCUT2D eigenvalue weighted by atomic mass is 10.1. The maximum absolute atomic E-state index is 11.0. The number of aromatic carboxylic acids is 1. The average molecular weight is 247 g/mol. The van der Waals surface area contributed by atoms with E-state index in [9.17, 15) is 4.79 Å². The van der Waals surface area contributed by atoms with Gasteiger partial charge in [0.25, 0.3) is 0 Å². The molecule has 0 atom stereocenters. The summed E-state index contributed by atoms with van der Waals surface area (Å²) in [6.45, 7) is 2.45. The molecular weight excluding hydrogens is 234 g/mol. The van der Waals surface area contributed by atoms with E-state index >= 15 is 0 Å². The van der Waals surface area contributed by atoms with Crippen LogP contribution in [0.2, 0.25) is 0 Å². The summed E-state index contributed by atoms with van der Waals surface area (Å²) in [5.41, 5.74) is 1.86. The first-order valence-electron chi connectivity index (χ1n) is 5.50. The van der Waals surface area contributed by atoms with Crippen LogP contribution >= 0.6 is 0 Å². The van der Waals surface area contributed by atoms with E-state index in [0.29, 0.717) is 24.5 Å². The average Bonchev–Trinajstić information content (AvgIpc) is 2.82. The van der Waals surface area contributed by atoms with Gasteiger partial charge in [0.2, 0.25) is 5.89 Å². The molecule has 94 valence electrons. The third-order valence-corrected chi connectivity index (χ3v) is 2.47. The highest BCUT2D eigenvalue weighted by molar-refractivity contribution is 5.94. The lowest BCUT2D eigenvalue weighted by Gasteiger charge is -2.09. The molecule has 1 aromatic carbocycles. The van der Waals surface area contributed by atoms with Gasteiger partial charge < -0.3 is 14.9 Å². The van der Waals surface area contributed by atoms with Gasteiger partial charge in [-0.1, -0.05) is 11.2 Å². The number of benzene rings is 1. The van der Waals surface area contributed by atoms with E-state index < -0.39 is 5.97 Å². The minimum Gasteiger partial charge on any atom is -0.478 e. The summed E-state index contributed by atoms with van der Waals surface area (Å²) in [6, 6.07) is 5.16. The maximum atomic E-state index is 11.0. The fraction of sp³-hybridized carbons (Fsp3) is 0.250. The van der Waals surface area contributed by atoms with Gasteiger partial charge in [0.15, 0.2) is 6.33 Å². The second kappa shape index (κ2) is 5.31. The van der Waals surface area contributed by atoms with Gasteiger partial charge in [0.05, 0.1) is 5.56 Å². The smallest absolute Gasteiger partial charge is 0.337 e. The molecule has 2 aromatic rings. The number of aromatic nitrogens is 2. The van der Waals surface area contributed by atoms with E-state index in [1.807, 2.05) is 6.92 Å². The van der Waals surface area contributed by atoms with Gasteiger partial charge >= 0.3 is 5.97 Å². The van der Waals surface area contributed by atoms with E-state index in [1.54, 1.807) is 18.2 Å². The Kier molecular flexibility index (Phi) is 3.57.